The summed E-state index contributed by atoms with van der Waals surface area (Å²) in [6, 6.07) is 10.1. The molecule has 0 aliphatic heterocycles. The topological polar surface area (TPSA) is 29.5 Å². The molecule has 0 fully saturated rings. The summed E-state index contributed by atoms with van der Waals surface area (Å²) in [6.45, 7) is 3.87. The summed E-state index contributed by atoms with van der Waals surface area (Å²) in [5.74, 6) is 0.372. The number of halogens is 2. The number of ether oxygens (including phenoxy) is 1. The van der Waals surface area contributed by atoms with Crippen molar-refractivity contribution in [1.82, 2.24) is 0 Å². The van der Waals surface area contributed by atoms with Gasteiger partial charge in [0, 0.05) is 10.0 Å². The van der Waals surface area contributed by atoms with E-state index in [1.807, 2.05) is 25.1 Å². The molecule has 0 aliphatic carbocycles. The molecule has 2 aromatic carbocycles. The van der Waals surface area contributed by atoms with Gasteiger partial charge in [0.25, 0.3) is 0 Å². The monoisotopic (exact) mass is 338 g/mol. The molecule has 0 saturated heterocycles. The minimum atomic E-state index is -0.604. The Hall–Kier alpha value is -1.39. The lowest BCUT2D eigenvalue weighted by Gasteiger charge is -2.15. The maximum Gasteiger partial charge on any atom is 0.126 e. The van der Waals surface area contributed by atoms with E-state index in [1.165, 1.54) is 12.1 Å². The van der Waals surface area contributed by atoms with E-state index >= 15 is 0 Å². The predicted octanol–water partition coefficient (Wildman–Crippen LogP) is 4.53. The number of aryl methyl sites for hydroxylation is 1. The highest BCUT2D eigenvalue weighted by Gasteiger charge is 2.10. The zero-order chi connectivity index (χ0) is 14.7. The molecule has 0 aliphatic rings. The van der Waals surface area contributed by atoms with Crippen molar-refractivity contribution >= 4 is 15.9 Å². The second-order valence-corrected chi connectivity index (χ2v) is 5.63. The molecule has 0 heterocycles. The molecule has 0 bridgehead atoms. The van der Waals surface area contributed by atoms with E-state index < -0.39 is 6.10 Å². The van der Waals surface area contributed by atoms with Gasteiger partial charge < -0.3 is 9.84 Å². The van der Waals surface area contributed by atoms with Gasteiger partial charge >= 0.3 is 0 Å². The van der Waals surface area contributed by atoms with Crippen molar-refractivity contribution in [3.8, 4) is 5.75 Å². The zero-order valence-corrected chi connectivity index (χ0v) is 12.9. The highest BCUT2D eigenvalue weighted by atomic mass is 79.9. The largest absolute Gasteiger partial charge is 0.488 e. The standard InChI is InChI=1S/C16H16BrFO2/c1-10-7-14(18)5-3-12(10)9-20-16-8-13(17)4-6-15(16)11(2)19/h3-8,11,19H,9H2,1-2H3/t11-/m0/s1. The number of aliphatic hydroxyl groups is 1. The van der Waals surface area contributed by atoms with Gasteiger partial charge in [0.1, 0.15) is 18.2 Å². The average molecular weight is 339 g/mol. The summed E-state index contributed by atoms with van der Waals surface area (Å²) in [7, 11) is 0. The van der Waals surface area contributed by atoms with E-state index in [1.54, 1.807) is 13.0 Å². The third kappa shape index (κ3) is 3.58. The molecule has 2 nitrogen and oxygen atoms in total. The zero-order valence-electron chi connectivity index (χ0n) is 11.4. The first-order chi connectivity index (χ1) is 9.47. The Bertz CT molecular complexity index is 611. The Labute approximate surface area is 126 Å². The Morgan fingerprint density at radius 2 is 2.00 bits per heavy atom. The van der Waals surface area contributed by atoms with Crippen LogP contribution in [0.25, 0.3) is 0 Å². The molecule has 0 saturated carbocycles. The maximum absolute atomic E-state index is 13.1. The third-order valence-electron chi connectivity index (χ3n) is 3.11. The van der Waals surface area contributed by atoms with Crippen LogP contribution in [0.5, 0.6) is 5.75 Å². The first-order valence-electron chi connectivity index (χ1n) is 6.32. The van der Waals surface area contributed by atoms with Crippen molar-refractivity contribution < 1.29 is 14.2 Å². The van der Waals surface area contributed by atoms with Crippen molar-refractivity contribution in [2.24, 2.45) is 0 Å². The third-order valence-corrected chi connectivity index (χ3v) is 3.61. The second-order valence-electron chi connectivity index (χ2n) is 4.72. The normalized spacial score (nSPS) is 12.2. The Morgan fingerprint density at radius 1 is 1.25 bits per heavy atom. The van der Waals surface area contributed by atoms with Crippen molar-refractivity contribution in [1.29, 1.82) is 0 Å². The van der Waals surface area contributed by atoms with Crippen LogP contribution in [0.3, 0.4) is 0 Å². The average Bonchev–Trinajstić information content (AvgIpc) is 2.37. The van der Waals surface area contributed by atoms with Crippen LogP contribution < -0.4 is 4.74 Å². The molecule has 0 unspecified atom stereocenters. The lowest BCUT2D eigenvalue weighted by molar-refractivity contribution is 0.190. The molecule has 106 valence electrons. The van der Waals surface area contributed by atoms with Crippen molar-refractivity contribution in [2.75, 3.05) is 0 Å². The van der Waals surface area contributed by atoms with Crippen LogP contribution in [0.1, 0.15) is 29.7 Å². The summed E-state index contributed by atoms with van der Waals surface area (Å²) >= 11 is 3.38. The van der Waals surface area contributed by atoms with Gasteiger partial charge in [0.2, 0.25) is 0 Å². The summed E-state index contributed by atoms with van der Waals surface area (Å²) in [4.78, 5) is 0. The van der Waals surface area contributed by atoms with E-state index in [4.69, 9.17) is 4.74 Å². The number of hydrogen-bond donors (Lipinski definition) is 1. The predicted molar refractivity (Wildman–Crippen MR) is 80.2 cm³/mol. The van der Waals surface area contributed by atoms with Crippen LogP contribution in [-0.4, -0.2) is 5.11 Å². The van der Waals surface area contributed by atoms with E-state index in [9.17, 15) is 9.50 Å². The fraction of sp³-hybridized carbons (Fsp3) is 0.250. The SMILES string of the molecule is Cc1cc(F)ccc1COc1cc(Br)ccc1[C@H](C)O. The van der Waals surface area contributed by atoms with Gasteiger partial charge in [-0.05, 0) is 49.2 Å². The first-order valence-corrected chi connectivity index (χ1v) is 7.12. The van der Waals surface area contributed by atoms with E-state index in [2.05, 4.69) is 15.9 Å². The molecule has 0 spiro atoms. The Kier molecular flexibility index (Phi) is 4.78. The maximum atomic E-state index is 13.1. The Balaban J connectivity index is 2.20. The molecule has 1 atom stereocenters. The van der Waals surface area contributed by atoms with Crippen LogP contribution in [0.4, 0.5) is 4.39 Å². The van der Waals surface area contributed by atoms with Crippen molar-refractivity contribution in [3.05, 3.63) is 63.4 Å². The lowest BCUT2D eigenvalue weighted by atomic mass is 10.1. The van der Waals surface area contributed by atoms with E-state index in [-0.39, 0.29) is 5.82 Å². The quantitative estimate of drug-likeness (QED) is 0.887. The van der Waals surface area contributed by atoms with Gasteiger partial charge in [-0.2, -0.15) is 0 Å². The summed E-state index contributed by atoms with van der Waals surface area (Å²) < 4.78 is 19.7. The van der Waals surface area contributed by atoms with Gasteiger partial charge in [0.15, 0.2) is 0 Å². The summed E-state index contributed by atoms with van der Waals surface area (Å²) in [5, 5.41) is 9.74. The van der Waals surface area contributed by atoms with Crippen LogP contribution in [-0.2, 0) is 6.61 Å². The molecular formula is C16H16BrFO2. The molecule has 0 radical (unpaired) electrons. The minimum absolute atomic E-state index is 0.252. The molecule has 2 aromatic rings. The van der Waals surface area contributed by atoms with Gasteiger partial charge in [-0.15, -0.1) is 0 Å². The number of hydrogen-bond acceptors (Lipinski definition) is 2. The van der Waals surface area contributed by atoms with Crippen molar-refractivity contribution in [3.63, 3.8) is 0 Å². The van der Waals surface area contributed by atoms with Gasteiger partial charge in [-0.25, -0.2) is 4.39 Å². The van der Waals surface area contributed by atoms with Gasteiger partial charge in [-0.1, -0.05) is 28.1 Å². The fourth-order valence-electron chi connectivity index (χ4n) is 1.96. The summed E-state index contributed by atoms with van der Waals surface area (Å²) in [5.41, 5.74) is 2.49. The van der Waals surface area contributed by atoms with Gasteiger partial charge in [-0.3, -0.25) is 0 Å². The van der Waals surface area contributed by atoms with Crippen LogP contribution in [0.15, 0.2) is 40.9 Å². The van der Waals surface area contributed by atoms with E-state index in [0.29, 0.717) is 12.4 Å². The molecular weight excluding hydrogens is 323 g/mol. The molecule has 0 amide bonds. The molecule has 4 heteroatoms. The Morgan fingerprint density at radius 3 is 2.65 bits per heavy atom. The second kappa shape index (κ2) is 6.37. The number of benzene rings is 2. The van der Waals surface area contributed by atoms with Crippen molar-refractivity contribution in [2.45, 2.75) is 26.6 Å². The van der Waals surface area contributed by atoms with Crippen LogP contribution in [0, 0.1) is 12.7 Å². The number of rotatable bonds is 4. The molecule has 2 rings (SSSR count). The minimum Gasteiger partial charge on any atom is -0.488 e. The first kappa shape index (κ1) is 15.0. The smallest absolute Gasteiger partial charge is 0.126 e. The molecule has 1 N–H and O–H groups in total. The van der Waals surface area contributed by atoms with Crippen LogP contribution in [0.2, 0.25) is 0 Å². The van der Waals surface area contributed by atoms with Gasteiger partial charge in [0.05, 0.1) is 6.10 Å². The lowest BCUT2D eigenvalue weighted by Crippen LogP contribution is -2.02. The highest BCUT2D eigenvalue weighted by Crippen LogP contribution is 2.29. The number of aliphatic hydroxyl groups excluding tert-OH is 1. The molecule has 0 aromatic heterocycles. The summed E-state index contributed by atoms with van der Waals surface area (Å²) in [6.07, 6.45) is -0.604. The fourth-order valence-corrected chi connectivity index (χ4v) is 2.30. The van der Waals surface area contributed by atoms with E-state index in [0.717, 1.165) is 21.2 Å². The molecule has 20 heavy (non-hydrogen) atoms. The van der Waals surface area contributed by atoms with Crippen LogP contribution >= 0.6 is 15.9 Å². The highest BCUT2D eigenvalue weighted by molar-refractivity contribution is 9.10.